The van der Waals surface area contributed by atoms with Crippen LogP contribution in [-0.2, 0) is 6.54 Å². The van der Waals surface area contributed by atoms with Crippen LogP contribution in [0.4, 0.5) is 0 Å². The van der Waals surface area contributed by atoms with Crippen molar-refractivity contribution in [2.45, 2.75) is 39.2 Å². The van der Waals surface area contributed by atoms with E-state index < -0.39 is 0 Å². The summed E-state index contributed by atoms with van der Waals surface area (Å²) in [7, 11) is 0. The molecule has 0 unspecified atom stereocenters. The van der Waals surface area contributed by atoms with Crippen LogP contribution in [0.2, 0.25) is 0 Å². The van der Waals surface area contributed by atoms with E-state index in [4.69, 9.17) is 15.2 Å². The van der Waals surface area contributed by atoms with Gasteiger partial charge >= 0.3 is 0 Å². The van der Waals surface area contributed by atoms with E-state index in [0.717, 1.165) is 31.5 Å². The van der Waals surface area contributed by atoms with Crippen LogP contribution in [0, 0.1) is 0 Å². The van der Waals surface area contributed by atoms with Crippen molar-refractivity contribution in [2.24, 2.45) is 5.73 Å². The Kier molecular flexibility index (Phi) is 6.93. The molecule has 0 saturated carbocycles. The first kappa shape index (κ1) is 20.2. The van der Waals surface area contributed by atoms with Crippen molar-refractivity contribution < 1.29 is 14.3 Å². The van der Waals surface area contributed by atoms with Gasteiger partial charge in [-0.25, -0.2) is 0 Å². The summed E-state index contributed by atoms with van der Waals surface area (Å²) in [6.07, 6.45) is 1.93. The Hall–Kier alpha value is -2.53. The van der Waals surface area contributed by atoms with Crippen LogP contribution in [0.1, 0.15) is 54.1 Å². The van der Waals surface area contributed by atoms with Gasteiger partial charge < -0.3 is 20.1 Å². The van der Waals surface area contributed by atoms with Crippen LogP contribution in [0.5, 0.6) is 11.5 Å². The normalized spacial score (nSPS) is 14.8. The van der Waals surface area contributed by atoms with Gasteiger partial charge in [-0.1, -0.05) is 24.3 Å². The number of hydrogen-bond donors (Lipinski definition) is 1. The molecule has 5 nitrogen and oxygen atoms in total. The van der Waals surface area contributed by atoms with Crippen LogP contribution in [0.15, 0.2) is 42.5 Å². The molecule has 2 aromatic carbocycles. The maximum atomic E-state index is 13.0. The van der Waals surface area contributed by atoms with Crippen molar-refractivity contribution in [3.05, 3.63) is 59.2 Å². The largest absolute Gasteiger partial charge is 0.490 e. The van der Waals surface area contributed by atoms with Gasteiger partial charge in [0, 0.05) is 25.2 Å². The van der Waals surface area contributed by atoms with Gasteiger partial charge in [-0.3, -0.25) is 4.79 Å². The summed E-state index contributed by atoms with van der Waals surface area (Å²) >= 11 is 0. The molecule has 1 saturated heterocycles. The highest BCUT2D eigenvalue weighted by Gasteiger charge is 2.25. The predicted molar refractivity (Wildman–Crippen MR) is 111 cm³/mol. The first-order valence-corrected chi connectivity index (χ1v) is 10.1. The average Bonchev–Trinajstić information content (AvgIpc) is 2.75. The van der Waals surface area contributed by atoms with E-state index in [0.29, 0.717) is 42.7 Å². The lowest BCUT2D eigenvalue weighted by molar-refractivity contribution is 0.0712. The van der Waals surface area contributed by atoms with E-state index >= 15 is 0 Å². The van der Waals surface area contributed by atoms with Crippen LogP contribution >= 0.6 is 0 Å². The summed E-state index contributed by atoms with van der Waals surface area (Å²) in [4.78, 5) is 14.9. The van der Waals surface area contributed by atoms with Gasteiger partial charge in [0.25, 0.3) is 5.91 Å². The molecule has 150 valence electrons. The predicted octanol–water partition coefficient (Wildman–Crippen LogP) is 3.96. The van der Waals surface area contributed by atoms with Gasteiger partial charge in [0.05, 0.1) is 13.2 Å². The number of carbonyl (C=O) groups excluding carboxylic acids is 1. The van der Waals surface area contributed by atoms with Crippen LogP contribution < -0.4 is 15.2 Å². The molecule has 1 aliphatic heterocycles. The van der Waals surface area contributed by atoms with Crippen molar-refractivity contribution in [1.29, 1.82) is 0 Å². The minimum absolute atomic E-state index is 0.0539. The van der Waals surface area contributed by atoms with Gasteiger partial charge in [-0.15, -0.1) is 0 Å². The molecule has 1 aliphatic rings. The molecule has 5 heteroatoms. The first-order valence-electron chi connectivity index (χ1n) is 10.1. The zero-order valence-corrected chi connectivity index (χ0v) is 16.8. The van der Waals surface area contributed by atoms with Gasteiger partial charge in [0.1, 0.15) is 0 Å². The maximum Gasteiger partial charge on any atom is 0.253 e. The van der Waals surface area contributed by atoms with Gasteiger partial charge in [-0.2, -0.15) is 0 Å². The first-order chi connectivity index (χ1) is 13.7. The third-order valence-electron chi connectivity index (χ3n) is 5.23. The quantitative estimate of drug-likeness (QED) is 0.787. The summed E-state index contributed by atoms with van der Waals surface area (Å²) in [6.45, 7) is 7.03. The van der Waals surface area contributed by atoms with E-state index in [1.165, 1.54) is 5.56 Å². The third-order valence-corrected chi connectivity index (χ3v) is 5.23. The van der Waals surface area contributed by atoms with Gasteiger partial charge in [0.15, 0.2) is 11.5 Å². The highest BCUT2D eigenvalue weighted by molar-refractivity contribution is 5.95. The standard InChI is InChI=1S/C23H30N2O3/c1-3-27-21-9-8-20(15-22(21)28-4-2)23(26)25-12-10-18(11-13-25)19-7-5-6-17(14-19)16-24/h5-9,14-15,18H,3-4,10-13,16,24H2,1-2H3. The summed E-state index contributed by atoms with van der Waals surface area (Å²) in [5.74, 6) is 1.84. The zero-order chi connectivity index (χ0) is 19.9. The molecule has 3 rings (SSSR count). The smallest absolute Gasteiger partial charge is 0.253 e. The SMILES string of the molecule is CCOc1ccc(C(=O)N2CCC(c3cccc(CN)c3)CC2)cc1OCC. The fourth-order valence-electron chi connectivity index (χ4n) is 3.76. The van der Waals surface area contributed by atoms with Crippen molar-refractivity contribution >= 4 is 5.91 Å². The average molecular weight is 383 g/mol. The van der Waals surface area contributed by atoms with Crippen LogP contribution in [0.3, 0.4) is 0 Å². The van der Waals surface area contributed by atoms with E-state index in [-0.39, 0.29) is 5.91 Å². The number of nitrogens with two attached hydrogens (primary N) is 1. The second kappa shape index (κ2) is 9.60. The Morgan fingerprint density at radius 1 is 1.04 bits per heavy atom. The molecule has 0 bridgehead atoms. The Morgan fingerprint density at radius 3 is 2.43 bits per heavy atom. The van der Waals surface area contributed by atoms with Crippen molar-refractivity contribution in [2.75, 3.05) is 26.3 Å². The minimum atomic E-state index is 0.0539. The fraction of sp³-hybridized carbons (Fsp3) is 0.435. The molecule has 0 aromatic heterocycles. The molecule has 1 amide bonds. The number of likely N-dealkylation sites (tertiary alicyclic amines) is 1. The second-order valence-corrected chi connectivity index (χ2v) is 7.04. The van der Waals surface area contributed by atoms with Gasteiger partial charge in [-0.05, 0) is 61.9 Å². The minimum Gasteiger partial charge on any atom is -0.490 e. The Labute approximate surface area is 167 Å². The van der Waals surface area contributed by atoms with E-state index in [1.807, 2.05) is 30.9 Å². The van der Waals surface area contributed by atoms with Crippen molar-refractivity contribution in [3.63, 3.8) is 0 Å². The molecule has 2 N–H and O–H groups in total. The summed E-state index contributed by atoms with van der Waals surface area (Å²) in [6, 6.07) is 14.0. The zero-order valence-electron chi connectivity index (χ0n) is 16.8. The van der Waals surface area contributed by atoms with E-state index in [1.54, 1.807) is 6.07 Å². The maximum absolute atomic E-state index is 13.0. The highest BCUT2D eigenvalue weighted by Crippen LogP contribution is 2.31. The van der Waals surface area contributed by atoms with Gasteiger partial charge in [0.2, 0.25) is 0 Å². The second-order valence-electron chi connectivity index (χ2n) is 7.04. The molecule has 0 atom stereocenters. The Morgan fingerprint density at radius 2 is 1.75 bits per heavy atom. The molecule has 1 heterocycles. The van der Waals surface area contributed by atoms with Crippen LogP contribution in [-0.4, -0.2) is 37.1 Å². The van der Waals surface area contributed by atoms with Crippen molar-refractivity contribution in [3.8, 4) is 11.5 Å². The number of ether oxygens (including phenoxy) is 2. The van der Waals surface area contributed by atoms with Crippen molar-refractivity contribution in [1.82, 2.24) is 4.90 Å². The summed E-state index contributed by atoms with van der Waals surface area (Å²) in [5.41, 5.74) is 8.90. The fourth-order valence-corrected chi connectivity index (χ4v) is 3.76. The monoisotopic (exact) mass is 382 g/mol. The molecule has 0 radical (unpaired) electrons. The Balaban J connectivity index is 1.67. The lowest BCUT2D eigenvalue weighted by Crippen LogP contribution is -2.37. The number of hydrogen-bond acceptors (Lipinski definition) is 4. The van der Waals surface area contributed by atoms with E-state index in [2.05, 4.69) is 24.3 Å². The van der Waals surface area contributed by atoms with Crippen LogP contribution in [0.25, 0.3) is 0 Å². The number of amides is 1. The molecule has 1 fully saturated rings. The molecule has 2 aromatic rings. The number of nitrogens with zero attached hydrogens (tertiary/aromatic N) is 1. The summed E-state index contributed by atoms with van der Waals surface area (Å²) in [5, 5.41) is 0. The summed E-state index contributed by atoms with van der Waals surface area (Å²) < 4.78 is 11.3. The number of piperidine rings is 1. The molecule has 0 spiro atoms. The lowest BCUT2D eigenvalue weighted by atomic mass is 9.88. The van der Waals surface area contributed by atoms with E-state index in [9.17, 15) is 4.79 Å². The lowest BCUT2D eigenvalue weighted by Gasteiger charge is -2.32. The number of rotatable bonds is 7. The number of benzene rings is 2. The molecule has 0 aliphatic carbocycles. The highest BCUT2D eigenvalue weighted by atomic mass is 16.5. The number of carbonyl (C=O) groups is 1. The third kappa shape index (κ3) is 4.65. The Bertz CT molecular complexity index is 798. The molecule has 28 heavy (non-hydrogen) atoms. The molecular formula is C23H30N2O3. The topological polar surface area (TPSA) is 64.8 Å². The molecular weight excluding hydrogens is 352 g/mol.